The predicted octanol–water partition coefficient (Wildman–Crippen LogP) is 3.48. The summed E-state index contributed by atoms with van der Waals surface area (Å²) in [4.78, 5) is 28.8. The minimum atomic E-state index is -0.162. The quantitative estimate of drug-likeness (QED) is 0.598. The van der Waals surface area contributed by atoms with Gasteiger partial charge in [0.1, 0.15) is 0 Å². The fourth-order valence-electron chi connectivity index (χ4n) is 4.00. The van der Waals surface area contributed by atoms with Crippen LogP contribution >= 0.6 is 0 Å². The number of hydrogen-bond donors (Lipinski definition) is 1. The van der Waals surface area contributed by atoms with E-state index in [0.29, 0.717) is 30.3 Å². The fraction of sp³-hybridized carbons (Fsp3) is 0.320. The Morgan fingerprint density at radius 1 is 1.06 bits per heavy atom. The number of carbonyl (C=O) groups is 2. The van der Waals surface area contributed by atoms with E-state index < -0.39 is 0 Å². The van der Waals surface area contributed by atoms with Crippen molar-refractivity contribution < 1.29 is 19.1 Å². The summed E-state index contributed by atoms with van der Waals surface area (Å²) in [5.74, 6) is 1.17. The number of anilines is 1. The molecule has 0 saturated carbocycles. The molecule has 2 heterocycles. The van der Waals surface area contributed by atoms with Crippen LogP contribution in [0.25, 0.3) is 0 Å². The first-order chi connectivity index (χ1) is 16.1. The van der Waals surface area contributed by atoms with Crippen LogP contribution in [0.3, 0.4) is 0 Å². The molecule has 8 nitrogen and oxygen atoms in total. The van der Waals surface area contributed by atoms with Crippen molar-refractivity contribution in [3.8, 4) is 11.5 Å². The van der Waals surface area contributed by atoms with Crippen LogP contribution in [0.4, 0.5) is 5.69 Å². The minimum absolute atomic E-state index is 0.0282. The molecule has 172 valence electrons. The van der Waals surface area contributed by atoms with E-state index in [-0.39, 0.29) is 24.3 Å². The molecule has 0 unspecified atom stereocenters. The Morgan fingerprint density at radius 3 is 2.42 bits per heavy atom. The summed E-state index contributed by atoms with van der Waals surface area (Å²) in [6.07, 6.45) is 1.59. The number of ether oxygens (including phenoxy) is 2. The van der Waals surface area contributed by atoms with Gasteiger partial charge in [0, 0.05) is 37.4 Å². The molecular formula is C25H28N4O4. The van der Waals surface area contributed by atoms with Gasteiger partial charge in [-0.05, 0) is 43.2 Å². The largest absolute Gasteiger partial charge is 0.493 e. The molecule has 1 fully saturated rings. The van der Waals surface area contributed by atoms with Crippen molar-refractivity contribution in [3.63, 3.8) is 0 Å². The average Bonchev–Trinajstić information content (AvgIpc) is 3.37. The second-order valence-corrected chi connectivity index (χ2v) is 8.00. The maximum absolute atomic E-state index is 12.8. The van der Waals surface area contributed by atoms with E-state index in [1.807, 2.05) is 53.4 Å². The number of methoxy groups -OCH3 is 1. The first-order valence-corrected chi connectivity index (χ1v) is 11.0. The normalized spacial score (nSPS) is 14.1. The van der Waals surface area contributed by atoms with Crippen molar-refractivity contribution in [2.24, 2.45) is 0 Å². The van der Waals surface area contributed by atoms with Crippen molar-refractivity contribution in [1.29, 1.82) is 0 Å². The summed E-state index contributed by atoms with van der Waals surface area (Å²) in [6, 6.07) is 18.6. The van der Waals surface area contributed by atoms with Crippen molar-refractivity contribution in [1.82, 2.24) is 15.1 Å². The lowest BCUT2D eigenvalue weighted by atomic mass is 9.93. The highest BCUT2D eigenvalue weighted by Crippen LogP contribution is 2.29. The number of para-hydroxylation sites is 3. The molecule has 0 atom stereocenters. The minimum Gasteiger partial charge on any atom is -0.493 e. The third-order valence-corrected chi connectivity index (χ3v) is 5.97. The van der Waals surface area contributed by atoms with E-state index >= 15 is 0 Å². The molecule has 4 rings (SSSR count). The summed E-state index contributed by atoms with van der Waals surface area (Å²) in [6.45, 7) is 1.23. The molecule has 0 bridgehead atoms. The lowest BCUT2D eigenvalue weighted by molar-refractivity contribution is -0.134. The molecule has 3 aromatic rings. The van der Waals surface area contributed by atoms with Crippen LogP contribution in [0.5, 0.6) is 11.5 Å². The van der Waals surface area contributed by atoms with Crippen LogP contribution in [-0.4, -0.2) is 60.8 Å². The van der Waals surface area contributed by atoms with Gasteiger partial charge in [-0.3, -0.25) is 14.7 Å². The number of aromatic amines is 1. The zero-order chi connectivity index (χ0) is 23.2. The van der Waals surface area contributed by atoms with E-state index in [4.69, 9.17) is 9.47 Å². The second kappa shape index (κ2) is 10.2. The highest BCUT2D eigenvalue weighted by Gasteiger charge is 2.26. The van der Waals surface area contributed by atoms with Gasteiger partial charge in [0.05, 0.1) is 7.11 Å². The van der Waals surface area contributed by atoms with Crippen LogP contribution < -0.4 is 14.4 Å². The van der Waals surface area contributed by atoms with Gasteiger partial charge in [-0.25, -0.2) is 0 Å². The monoisotopic (exact) mass is 448 g/mol. The molecule has 33 heavy (non-hydrogen) atoms. The Morgan fingerprint density at radius 2 is 1.73 bits per heavy atom. The van der Waals surface area contributed by atoms with Gasteiger partial charge in [-0.1, -0.05) is 30.3 Å². The standard InChI is InChI=1S/C25H28N4O4/c1-28(19-8-4-3-5-9-19)25(31)21-16-20(26-27-21)18-12-14-29(15-13-18)24(30)17-33-23-11-7-6-10-22(23)32-2/h3-11,16,18H,12-15,17H2,1-2H3,(H,26,27). The molecule has 1 N–H and O–H groups in total. The van der Waals surface area contributed by atoms with Crippen LogP contribution in [0, 0.1) is 0 Å². The lowest BCUT2D eigenvalue weighted by Crippen LogP contribution is -2.40. The highest BCUT2D eigenvalue weighted by molar-refractivity contribution is 6.04. The predicted molar refractivity (Wildman–Crippen MR) is 125 cm³/mol. The summed E-state index contributed by atoms with van der Waals surface area (Å²) >= 11 is 0. The molecule has 1 aromatic heterocycles. The summed E-state index contributed by atoms with van der Waals surface area (Å²) in [5.41, 5.74) is 2.13. The Hall–Kier alpha value is -3.81. The fourth-order valence-corrected chi connectivity index (χ4v) is 4.00. The second-order valence-electron chi connectivity index (χ2n) is 8.00. The molecule has 1 saturated heterocycles. The van der Waals surface area contributed by atoms with Gasteiger partial charge in [0.2, 0.25) is 0 Å². The van der Waals surface area contributed by atoms with Gasteiger partial charge in [0.25, 0.3) is 11.8 Å². The molecule has 1 aliphatic heterocycles. The molecule has 2 aromatic carbocycles. The first kappa shape index (κ1) is 22.4. The van der Waals surface area contributed by atoms with Gasteiger partial charge < -0.3 is 19.3 Å². The Labute approximate surface area is 193 Å². The third-order valence-electron chi connectivity index (χ3n) is 5.97. The molecule has 0 spiro atoms. The Bertz CT molecular complexity index is 1090. The van der Waals surface area contributed by atoms with Crippen LogP contribution in [0.1, 0.15) is 34.9 Å². The zero-order valence-electron chi connectivity index (χ0n) is 18.9. The highest BCUT2D eigenvalue weighted by atomic mass is 16.5. The number of aromatic nitrogens is 2. The van der Waals surface area contributed by atoms with Crippen molar-refractivity contribution in [2.45, 2.75) is 18.8 Å². The number of rotatable bonds is 7. The molecule has 0 aliphatic carbocycles. The number of likely N-dealkylation sites (tertiary alicyclic amines) is 1. The number of carbonyl (C=O) groups excluding carboxylic acids is 2. The molecule has 8 heteroatoms. The van der Waals surface area contributed by atoms with Gasteiger partial charge >= 0.3 is 0 Å². The molecular weight excluding hydrogens is 420 g/mol. The smallest absolute Gasteiger partial charge is 0.278 e. The Kier molecular flexibility index (Phi) is 6.92. The molecule has 0 radical (unpaired) electrons. The summed E-state index contributed by atoms with van der Waals surface area (Å²) < 4.78 is 10.9. The van der Waals surface area contributed by atoms with E-state index in [1.165, 1.54) is 0 Å². The molecule has 2 amide bonds. The number of benzene rings is 2. The first-order valence-electron chi connectivity index (χ1n) is 11.0. The SMILES string of the molecule is COc1ccccc1OCC(=O)N1CCC(c2cc(C(=O)N(C)c3ccccc3)n[nH]2)CC1. The van der Waals surface area contributed by atoms with E-state index in [0.717, 1.165) is 24.2 Å². The lowest BCUT2D eigenvalue weighted by Gasteiger charge is -2.31. The third kappa shape index (κ3) is 5.16. The van der Waals surface area contributed by atoms with E-state index in [1.54, 1.807) is 31.2 Å². The number of amides is 2. The van der Waals surface area contributed by atoms with Gasteiger partial charge in [-0.15, -0.1) is 0 Å². The van der Waals surface area contributed by atoms with Crippen LogP contribution in [0.2, 0.25) is 0 Å². The Balaban J connectivity index is 1.30. The van der Waals surface area contributed by atoms with Crippen LogP contribution in [0.15, 0.2) is 60.7 Å². The maximum atomic E-state index is 12.8. The number of nitrogens with one attached hydrogen (secondary N) is 1. The van der Waals surface area contributed by atoms with Gasteiger partial charge in [0.15, 0.2) is 23.8 Å². The van der Waals surface area contributed by atoms with Crippen molar-refractivity contribution in [3.05, 3.63) is 72.1 Å². The maximum Gasteiger partial charge on any atom is 0.278 e. The number of nitrogens with zero attached hydrogens (tertiary/aromatic N) is 3. The topological polar surface area (TPSA) is 87.8 Å². The number of H-pyrrole nitrogens is 1. The van der Waals surface area contributed by atoms with Crippen LogP contribution in [-0.2, 0) is 4.79 Å². The van der Waals surface area contributed by atoms with Crippen molar-refractivity contribution >= 4 is 17.5 Å². The number of hydrogen-bond acceptors (Lipinski definition) is 5. The molecule has 1 aliphatic rings. The van der Waals surface area contributed by atoms with Gasteiger partial charge in [-0.2, -0.15) is 5.10 Å². The van der Waals surface area contributed by atoms with E-state index in [9.17, 15) is 9.59 Å². The van der Waals surface area contributed by atoms with E-state index in [2.05, 4.69) is 10.2 Å². The van der Waals surface area contributed by atoms with Crippen molar-refractivity contribution in [2.75, 3.05) is 38.8 Å². The average molecular weight is 449 g/mol. The summed E-state index contributed by atoms with van der Waals surface area (Å²) in [5, 5.41) is 7.27. The summed E-state index contributed by atoms with van der Waals surface area (Å²) in [7, 11) is 3.31. The zero-order valence-corrected chi connectivity index (χ0v) is 18.9. The number of piperidine rings is 1.